The Kier molecular flexibility index (Phi) is 4.43. The predicted octanol–water partition coefficient (Wildman–Crippen LogP) is 2.75. The van der Waals surface area contributed by atoms with Crippen molar-refractivity contribution in [2.75, 3.05) is 0 Å². The highest BCUT2D eigenvalue weighted by atomic mass is 16.3. The fourth-order valence-electron chi connectivity index (χ4n) is 1.01. The molecule has 0 heterocycles. The largest absolute Gasteiger partial charge is 0.390 e. The van der Waals surface area contributed by atoms with Crippen LogP contribution < -0.4 is 0 Å². The molecule has 11 heavy (non-hydrogen) atoms. The van der Waals surface area contributed by atoms with Crippen LogP contribution in [0.1, 0.15) is 40.0 Å². The van der Waals surface area contributed by atoms with Crippen molar-refractivity contribution >= 4 is 0 Å². The Hall–Kier alpha value is -0.300. The Balaban J connectivity index is 3.62. The highest BCUT2D eigenvalue weighted by molar-refractivity contribution is 4.82. The Morgan fingerprint density at radius 2 is 2.09 bits per heavy atom. The topological polar surface area (TPSA) is 20.2 Å². The number of aliphatic hydroxyl groups is 1. The summed E-state index contributed by atoms with van der Waals surface area (Å²) in [4.78, 5) is 0. The first-order chi connectivity index (χ1) is 4.98. The summed E-state index contributed by atoms with van der Waals surface area (Å²) in [5.74, 6) is 0.672. The van der Waals surface area contributed by atoms with Gasteiger partial charge in [-0.1, -0.05) is 19.9 Å². The minimum atomic E-state index is -0.536. The van der Waals surface area contributed by atoms with Crippen LogP contribution in [-0.2, 0) is 0 Å². The molecule has 0 radical (unpaired) electrons. The Labute approximate surface area is 70.1 Å². The van der Waals surface area contributed by atoms with E-state index in [0.717, 1.165) is 12.8 Å². The molecular formula is C10H20O. The summed E-state index contributed by atoms with van der Waals surface area (Å²) in [5.41, 5.74) is -0.536. The molecule has 0 aromatic carbocycles. The summed E-state index contributed by atoms with van der Waals surface area (Å²) in [6.45, 7) is 9.83. The highest BCUT2D eigenvalue weighted by Crippen LogP contribution is 2.19. The smallest absolute Gasteiger partial charge is 0.0654 e. The van der Waals surface area contributed by atoms with Gasteiger partial charge in [-0.15, -0.1) is 6.58 Å². The molecular weight excluding hydrogens is 136 g/mol. The third-order valence-corrected chi connectivity index (χ3v) is 1.84. The fourth-order valence-corrected chi connectivity index (χ4v) is 1.01. The second kappa shape index (κ2) is 4.55. The molecule has 0 aliphatic carbocycles. The molecule has 0 aromatic rings. The van der Waals surface area contributed by atoms with E-state index in [1.807, 2.05) is 6.92 Å². The Morgan fingerprint density at radius 1 is 1.55 bits per heavy atom. The molecule has 66 valence electrons. The normalized spacial score (nSPS) is 16.5. The van der Waals surface area contributed by atoms with Crippen molar-refractivity contribution in [2.45, 2.75) is 45.6 Å². The average Bonchev–Trinajstić information content (AvgIpc) is 1.84. The average molecular weight is 156 g/mol. The second-order valence-electron chi connectivity index (χ2n) is 3.92. The minimum Gasteiger partial charge on any atom is -0.390 e. The van der Waals surface area contributed by atoms with E-state index < -0.39 is 5.60 Å². The fraction of sp³-hybridized carbons (Fsp3) is 0.800. The lowest BCUT2D eigenvalue weighted by Gasteiger charge is -2.22. The molecule has 0 aliphatic heterocycles. The molecule has 0 saturated carbocycles. The molecule has 1 N–H and O–H groups in total. The van der Waals surface area contributed by atoms with Gasteiger partial charge in [-0.3, -0.25) is 0 Å². The summed E-state index contributed by atoms with van der Waals surface area (Å²) in [6, 6.07) is 0. The Morgan fingerprint density at radius 3 is 2.45 bits per heavy atom. The summed E-state index contributed by atoms with van der Waals surface area (Å²) >= 11 is 0. The van der Waals surface area contributed by atoms with Gasteiger partial charge in [0.25, 0.3) is 0 Å². The van der Waals surface area contributed by atoms with Crippen LogP contribution in [0.4, 0.5) is 0 Å². The van der Waals surface area contributed by atoms with Crippen LogP contribution >= 0.6 is 0 Å². The van der Waals surface area contributed by atoms with Gasteiger partial charge < -0.3 is 5.11 Å². The lowest BCUT2D eigenvalue weighted by Crippen LogP contribution is -2.23. The van der Waals surface area contributed by atoms with E-state index in [1.54, 1.807) is 6.08 Å². The van der Waals surface area contributed by atoms with Crippen LogP contribution in [0.2, 0.25) is 0 Å². The van der Waals surface area contributed by atoms with Gasteiger partial charge in [0.05, 0.1) is 5.60 Å². The van der Waals surface area contributed by atoms with Crippen LogP contribution in [0, 0.1) is 5.92 Å². The number of hydrogen-bond acceptors (Lipinski definition) is 1. The van der Waals surface area contributed by atoms with Gasteiger partial charge in [0, 0.05) is 0 Å². The first-order valence-electron chi connectivity index (χ1n) is 4.31. The van der Waals surface area contributed by atoms with Crippen molar-refractivity contribution in [3.8, 4) is 0 Å². The number of rotatable bonds is 5. The lowest BCUT2D eigenvalue weighted by atomic mass is 9.92. The molecule has 1 heteroatoms. The molecule has 0 aliphatic rings. The maximum atomic E-state index is 9.69. The lowest BCUT2D eigenvalue weighted by molar-refractivity contribution is 0.0485. The molecule has 0 bridgehead atoms. The Bertz CT molecular complexity index is 114. The van der Waals surface area contributed by atoms with Gasteiger partial charge in [0.15, 0.2) is 0 Å². The number of hydrogen-bond donors (Lipinski definition) is 1. The second-order valence-corrected chi connectivity index (χ2v) is 3.92. The van der Waals surface area contributed by atoms with Crippen molar-refractivity contribution < 1.29 is 5.11 Å². The van der Waals surface area contributed by atoms with E-state index >= 15 is 0 Å². The van der Waals surface area contributed by atoms with Crippen molar-refractivity contribution in [1.82, 2.24) is 0 Å². The van der Waals surface area contributed by atoms with E-state index in [-0.39, 0.29) is 0 Å². The molecule has 0 aromatic heterocycles. The molecule has 0 amide bonds. The van der Waals surface area contributed by atoms with Crippen LogP contribution in [0.15, 0.2) is 12.7 Å². The summed E-state index contributed by atoms with van der Waals surface area (Å²) < 4.78 is 0. The maximum Gasteiger partial charge on any atom is 0.0654 e. The molecule has 1 nitrogen and oxygen atoms in total. The van der Waals surface area contributed by atoms with Crippen LogP contribution in [0.3, 0.4) is 0 Å². The SMILES string of the molecule is C=CCC(C)(O)CCC(C)C. The van der Waals surface area contributed by atoms with Gasteiger partial charge in [-0.2, -0.15) is 0 Å². The van der Waals surface area contributed by atoms with Crippen LogP contribution in [-0.4, -0.2) is 10.7 Å². The van der Waals surface area contributed by atoms with Crippen molar-refractivity contribution in [2.24, 2.45) is 5.92 Å². The summed E-state index contributed by atoms with van der Waals surface area (Å²) in [6.07, 6.45) is 4.43. The minimum absolute atomic E-state index is 0.536. The zero-order valence-electron chi connectivity index (χ0n) is 7.93. The van der Waals surface area contributed by atoms with E-state index in [0.29, 0.717) is 12.3 Å². The molecule has 0 spiro atoms. The zero-order valence-corrected chi connectivity index (χ0v) is 7.93. The third kappa shape index (κ3) is 6.11. The zero-order chi connectivity index (χ0) is 8.91. The van der Waals surface area contributed by atoms with Gasteiger partial charge >= 0.3 is 0 Å². The van der Waals surface area contributed by atoms with E-state index in [2.05, 4.69) is 20.4 Å². The van der Waals surface area contributed by atoms with E-state index in [4.69, 9.17) is 0 Å². The molecule has 0 fully saturated rings. The van der Waals surface area contributed by atoms with Crippen molar-refractivity contribution in [1.29, 1.82) is 0 Å². The van der Waals surface area contributed by atoms with Crippen molar-refractivity contribution in [3.63, 3.8) is 0 Å². The summed E-state index contributed by atoms with van der Waals surface area (Å²) in [7, 11) is 0. The monoisotopic (exact) mass is 156 g/mol. The van der Waals surface area contributed by atoms with Crippen molar-refractivity contribution in [3.05, 3.63) is 12.7 Å². The quantitative estimate of drug-likeness (QED) is 0.607. The predicted molar refractivity (Wildman–Crippen MR) is 49.5 cm³/mol. The molecule has 1 unspecified atom stereocenters. The molecule has 1 atom stereocenters. The van der Waals surface area contributed by atoms with Gasteiger partial charge in [-0.25, -0.2) is 0 Å². The standard InChI is InChI=1S/C10H20O/c1-5-7-10(4,11)8-6-9(2)3/h5,9,11H,1,6-8H2,2-4H3. The van der Waals surface area contributed by atoms with Crippen LogP contribution in [0.5, 0.6) is 0 Å². The van der Waals surface area contributed by atoms with E-state index in [9.17, 15) is 5.11 Å². The first-order valence-corrected chi connectivity index (χ1v) is 4.31. The van der Waals surface area contributed by atoms with Gasteiger partial charge in [0.2, 0.25) is 0 Å². The van der Waals surface area contributed by atoms with Crippen LogP contribution in [0.25, 0.3) is 0 Å². The van der Waals surface area contributed by atoms with E-state index in [1.165, 1.54) is 0 Å². The molecule has 0 saturated heterocycles. The maximum absolute atomic E-state index is 9.69. The van der Waals surface area contributed by atoms with Gasteiger partial charge in [-0.05, 0) is 32.1 Å². The first kappa shape index (κ1) is 10.7. The van der Waals surface area contributed by atoms with Gasteiger partial charge in [0.1, 0.15) is 0 Å². The third-order valence-electron chi connectivity index (χ3n) is 1.84. The summed E-state index contributed by atoms with van der Waals surface area (Å²) in [5, 5.41) is 9.69. The molecule has 0 rings (SSSR count). The highest BCUT2D eigenvalue weighted by Gasteiger charge is 2.17.